The maximum absolute atomic E-state index is 13.0. The van der Waals surface area contributed by atoms with Gasteiger partial charge in [-0.05, 0) is 19.3 Å². The van der Waals surface area contributed by atoms with Crippen LogP contribution in [0, 0.1) is 0 Å². The highest BCUT2D eigenvalue weighted by Crippen LogP contribution is 2.24. The first-order valence-electron chi connectivity index (χ1n) is 9.96. The monoisotopic (exact) mass is 410 g/mol. The molecule has 8 nitrogen and oxygen atoms in total. The molecule has 9 heteroatoms. The fourth-order valence-corrected chi connectivity index (χ4v) is 3.74. The van der Waals surface area contributed by atoms with Crippen LogP contribution >= 0.6 is 12.4 Å². The largest absolute Gasteiger partial charge is 0.357 e. The molecule has 156 valence electrons. The lowest BCUT2D eigenvalue weighted by Crippen LogP contribution is -2.46. The number of carbonyl (C=O) groups excluding carboxylic acids is 2. The number of nitrogens with two attached hydrogens (primary N) is 1. The van der Waals surface area contributed by atoms with Crippen molar-refractivity contribution in [2.24, 2.45) is 5.73 Å². The summed E-state index contributed by atoms with van der Waals surface area (Å²) >= 11 is 0. The topological polar surface area (TPSA) is 104 Å². The van der Waals surface area contributed by atoms with Crippen LogP contribution in [0.15, 0.2) is 0 Å². The molecule has 0 radical (unpaired) electrons. The van der Waals surface area contributed by atoms with E-state index in [1.54, 1.807) is 11.9 Å². The molecule has 1 atom stereocenters. The molecule has 2 aliphatic heterocycles. The van der Waals surface area contributed by atoms with E-state index >= 15 is 0 Å². The highest BCUT2D eigenvalue weighted by Gasteiger charge is 2.31. The fourth-order valence-electron chi connectivity index (χ4n) is 3.74. The van der Waals surface area contributed by atoms with Crippen LogP contribution in [0.3, 0.4) is 0 Å². The summed E-state index contributed by atoms with van der Waals surface area (Å²) in [7, 11) is 1.75. The van der Waals surface area contributed by atoms with Gasteiger partial charge in [0.1, 0.15) is 5.69 Å². The molecule has 1 aromatic heterocycles. The van der Waals surface area contributed by atoms with E-state index in [-0.39, 0.29) is 24.2 Å². The predicted octanol–water partition coefficient (Wildman–Crippen LogP) is 1.58. The van der Waals surface area contributed by atoms with Gasteiger partial charge < -0.3 is 20.9 Å². The standard InChI is InChI=1S/C19H30N6O2.ClH/c1-3-4-7-14(20)17(26)25-11-8-15-13(12-25)16(23-19(21-2)22-15)18(27)24-9-5-6-10-24;/h14H,3-12,20H2,1-2H3,(H,21,22,23);1H. The number of rotatable bonds is 6. The second kappa shape index (κ2) is 10.0. The number of halogens is 1. The Balaban J connectivity index is 0.00000280. The Morgan fingerprint density at radius 2 is 1.89 bits per heavy atom. The Labute approximate surface area is 172 Å². The Kier molecular flexibility index (Phi) is 8.00. The minimum absolute atomic E-state index is 0. The summed E-state index contributed by atoms with van der Waals surface area (Å²) < 4.78 is 0. The average molecular weight is 411 g/mol. The number of unbranched alkanes of at least 4 members (excludes halogenated alkanes) is 1. The van der Waals surface area contributed by atoms with Crippen LogP contribution in [0.1, 0.15) is 60.8 Å². The number of amides is 2. The zero-order valence-electron chi connectivity index (χ0n) is 16.7. The van der Waals surface area contributed by atoms with Gasteiger partial charge in [0.25, 0.3) is 5.91 Å². The summed E-state index contributed by atoms with van der Waals surface area (Å²) in [4.78, 5) is 38.3. The molecular formula is C19H31ClN6O2. The fraction of sp³-hybridized carbons (Fsp3) is 0.684. The van der Waals surface area contributed by atoms with Crippen molar-refractivity contribution in [3.05, 3.63) is 17.0 Å². The highest BCUT2D eigenvalue weighted by atomic mass is 35.5. The molecule has 1 fully saturated rings. The molecule has 0 spiro atoms. The number of aromatic nitrogens is 2. The number of nitrogens with one attached hydrogen (secondary N) is 1. The van der Waals surface area contributed by atoms with Gasteiger partial charge in [0, 0.05) is 45.2 Å². The Morgan fingerprint density at radius 3 is 2.54 bits per heavy atom. The second-order valence-corrected chi connectivity index (χ2v) is 7.33. The smallest absolute Gasteiger partial charge is 0.273 e. The third kappa shape index (κ3) is 4.72. The van der Waals surface area contributed by atoms with E-state index < -0.39 is 6.04 Å². The van der Waals surface area contributed by atoms with Crippen molar-refractivity contribution in [2.45, 2.75) is 58.0 Å². The van der Waals surface area contributed by atoms with Crippen LogP contribution in [0.4, 0.5) is 5.95 Å². The van der Waals surface area contributed by atoms with Crippen LogP contribution in [0.5, 0.6) is 0 Å². The number of hydrogen-bond acceptors (Lipinski definition) is 6. The van der Waals surface area contributed by atoms with Gasteiger partial charge in [0.2, 0.25) is 11.9 Å². The molecule has 0 aliphatic carbocycles. The van der Waals surface area contributed by atoms with E-state index in [0.29, 0.717) is 37.6 Å². The van der Waals surface area contributed by atoms with Gasteiger partial charge >= 0.3 is 0 Å². The highest BCUT2D eigenvalue weighted by molar-refractivity contribution is 5.94. The van der Waals surface area contributed by atoms with Gasteiger partial charge in [-0.1, -0.05) is 19.8 Å². The van der Waals surface area contributed by atoms with E-state index in [2.05, 4.69) is 22.2 Å². The number of anilines is 1. The minimum atomic E-state index is -0.485. The molecule has 28 heavy (non-hydrogen) atoms. The van der Waals surface area contributed by atoms with Crippen molar-refractivity contribution in [1.82, 2.24) is 19.8 Å². The van der Waals surface area contributed by atoms with E-state index in [9.17, 15) is 9.59 Å². The first kappa shape index (κ1) is 22.4. The zero-order valence-corrected chi connectivity index (χ0v) is 17.6. The molecule has 1 unspecified atom stereocenters. The summed E-state index contributed by atoms with van der Waals surface area (Å²) in [5.41, 5.74) is 8.13. The molecule has 1 aromatic rings. The van der Waals surface area contributed by atoms with Crippen LogP contribution in [0.25, 0.3) is 0 Å². The maximum Gasteiger partial charge on any atom is 0.273 e. The molecule has 2 aliphatic rings. The van der Waals surface area contributed by atoms with Crippen molar-refractivity contribution in [3.8, 4) is 0 Å². The number of hydrogen-bond donors (Lipinski definition) is 2. The Bertz CT molecular complexity index is 708. The summed E-state index contributed by atoms with van der Waals surface area (Å²) in [6.45, 7) is 4.53. The van der Waals surface area contributed by atoms with Gasteiger partial charge in [-0.2, -0.15) is 0 Å². The summed E-state index contributed by atoms with van der Waals surface area (Å²) in [5, 5.41) is 2.94. The maximum atomic E-state index is 13.0. The zero-order chi connectivity index (χ0) is 19.4. The Hall–Kier alpha value is -1.93. The Morgan fingerprint density at radius 1 is 1.18 bits per heavy atom. The van der Waals surface area contributed by atoms with E-state index in [0.717, 1.165) is 50.0 Å². The first-order valence-corrected chi connectivity index (χ1v) is 9.96. The number of likely N-dealkylation sites (tertiary alicyclic amines) is 1. The van der Waals surface area contributed by atoms with Gasteiger partial charge in [-0.3, -0.25) is 9.59 Å². The minimum Gasteiger partial charge on any atom is -0.357 e. The van der Waals surface area contributed by atoms with Crippen molar-refractivity contribution in [2.75, 3.05) is 32.0 Å². The van der Waals surface area contributed by atoms with Gasteiger partial charge in [0.15, 0.2) is 0 Å². The molecule has 1 saturated heterocycles. The molecule has 0 aromatic carbocycles. The van der Waals surface area contributed by atoms with Gasteiger partial charge in [-0.25, -0.2) is 9.97 Å². The normalized spacial score (nSPS) is 17.0. The number of fused-ring (bicyclic) bond motifs is 1. The van der Waals surface area contributed by atoms with Crippen molar-refractivity contribution in [1.29, 1.82) is 0 Å². The molecule has 2 amide bonds. The van der Waals surface area contributed by atoms with Crippen molar-refractivity contribution >= 4 is 30.2 Å². The van der Waals surface area contributed by atoms with Crippen molar-refractivity contribution in [3.63, 3.8) is 0 Å². The molecule has 0 bridgehead atoms. The predicted molar refractivity (Wildman–Crippen MR) is 111 cm³/mol. The van der Waals surface area contributed by atoms with Crippen LogP contribution in [0.2, 0.25) is 0 Å². The van der Waals surface area contributed by atoms with Crippen LogP contribution in [-0.4, -0.2) is 64.3 Å². The summed E-state index contributed by atoms with van der Waals surface area (Å²) in [5.74, 6) is 0.342. The van der Waals surface area contributed by atoms with Crippen LogP contribution < -0.4 is 11.1 Å². The molecule has 3 heterocycles. The third-order valence-corrected chi connectivity index (χ3v) is 5.38. The molecule has 0 saturated carbocycles. The van der Waals surface area contributed by atoms with Gasteiger partial charge in [0.05, 0.1) is 11.7 Å². The number of nitrogens with zero attached hydrogens (tertiary/aromatic N) is 4. The molecule has 3 rings (SSSR count). The van der Waals surface area contributed by atoms with Crippen LogP contribution in [-0.2, 0) is 17.8 Å². The summed E-state index contributed by atoms with van der Waals surface area (Å²) in [6, 6.07) is -0.485. The van der Waals surface area contributed by atoms with E-state index in [1.165, 1.54) is 0 Å². The number of carbonyl (C=O) groups is 2. The molecule has 3 N–H and O–H groups in total. The first-order chi connectivity index (χ1) is 13.0. The molecular weight excluding hydrogens is 380 g/mol. The lowest BCUT2D eigenvalue weighted by molar-refractivity contribution is -0.133. The second-order valence-electron chi connectivity index (χ2n) is 7.33. The third-order valence-electron chi connectivity index (χ3n) is 5.38. The quantitative estimate of drug-likeness (QED) is 0.737. The SMILES string of the molecule is CCCCC(N)C(=O)N1CCc2nc(NC)nc(C(=O)N3CCCC3)c2C1.Cl. The van der Waals surface area contributed by atoms with Gasteiger partial charge in [-0.15, -0.1) is 12.4 Å². The van der Waals surface area contributed by atoms with Crippen molar-refractivity contribution < 1.29 is 9.59 Å². The van der Waals surface area contributed by atoms with E-state index in [1.807, 2.05) is 4.90 Å². The van der Waals surface area contributed by atoms with E-state index in [4.69, 9.17) is 5.73 Å². The summed E-state index contributed by atoms with van der Waals surface area (Å²) in [6.07, 6.45) is 5.29. The lowest BCUT2D eigenvalue weighted by Gasteiger charge is -2.31. The lowest BCUT2D eigenvalue weighted by atomic mass is 10.0. The average Bonchev–Trinajstić information content (AvgIpc) is 3.24.